The van der Waals surface area contributed by atoms with Gasteiger partial charge in [-0.3, -0.25) is 4.90 Å². The zero-order valence-electron chi connectivity index (χ0n) is 10.8. The highest BCUT2D eigenvalue weighted by Crippen LogP contribution is 2.20. The molecule has 2 rings (SSSR count). The lowest BCUT2D eigenvalue weighted by Crippen LogP contribution is -2.46. The molecule has 0 radical (unpaired) electrons. The van der Waals surface area contributed by atoms with Crippen molar-refractivity contribution >= 4 is 5.69 Å². The fourth-order valence-corrected chi connectivity index (χ4v) is 2.18. The van der Waals surface area contributed by atoms with Gasteiger partial charge in [-0.25, -0.2) is 0 Å². The van der Waals surface area contributed by atoms with Crippen LogP contribution in [0.25, 0.3) is 0 Å². The highest BCUT2D eigenvalue weighted by molar-refractivity contribution is 5.49. The molecule has 1 saturated heterocycles. The Labute approximate surface area is 108 Å². The second-order valence-corrected chi connectivity index (χ2v) is 4.35. The predicted octanol–water partition coefficient (Wildman–Crippen LogP) is 1.73. The van der Waals surface area contributed by atoms with Gasteiger partial charge in [-0.15, -0.1) is 0 Å². The number of nitrogens with zero attached hydrogens (tertiary/aromatic N) is 3. The summed E-state index contributed by atoms with van der Waals surface area (Å²) in [5.74, 6) is 0.921. The summed E-state index contributed by atoms with van der Waals surface area (Å²) in [5.41, 5.74) is 1.23. The summed E-state index contributed by atoms with van der Waals surface area (Å²) < 4.78 is 5.43. The quantitative estimate of drug-likeness (QED) is 0.757. The average Bonchev–Trinajstić information content (AvgIpc) is 2.41. The molecule has 4 heteroatoms. The normalized spacial score (nSPS) is 16.3. The van der Waals surface area contributed by atoms with Gasteiger partial charge in [0.05, 0.1) is 19.2 Å². The van der Waals surface area contributed by atoms with E-state index in [1.54, 1.807) is 0 Å². The Hall–Kier alpha value is -1.73. The number of piperazine rings is 1. The van der Waals surface area contributed by atoms with E-state index in [0.29, 0.717) is 13.2 Å². The Morgan fingerprint density at radius 2 is 1.83 bits per heavy atom. The van der Waals surface area contributed by atoms with E-state index >= 15 is 0 Å². The molecule has 0 spiro atoms. The van der Waals surface area contributed by atoms with Crippen LogP contribution in [0.2, 0.25) is 0 Å². The topological polar surface area (TPSA) is 39.5 Å². The number of anilines is 1. The van der Waals surface area contributed by atoms with Gasteiger partial charge in [0.1, 0.15) is 5.75 Å². The third-order valence-corrected chi connectivity index (χ3v) is 3.18. The van der Waals surface area contributed by atoms with Crippen molar-refractivity contribution in [1.82, 2.24) is 4.90 Å². The molecule has 0 N–H and O–H groups in total. The van der Waals surface area contributed by atoms with Crippen LogP contribution in [0.5, 0.6) is 5.75 Å². The number of ether oxygens (including phenoxy) is 1. The Bertz CT molecular complexity index is 402. The second-order valence-electron chi connectivity index (χ2n) is 4.35. The summed E-state index contributed by atoms with van der Waals surface area (Å²) in [7, 11) is 0. The molecule has 0 aliphatic carbocycles. The molecule has 0 atom stereocenters. The minimum atomic E-state index is 0.539. The maximum atomic E-state index is 8.66. The van der Waals surface area contributed by atoms with E-state index in [9.17, 15) is 0 Å². The van der Waals surface area contributed by atoms with E-state index in [2.05, 4.69) is 28.0 Å². The molecular formula is C14H19N3O. The average molecular weight is 245 g/mol. The Morgan fingerprint density at radius 3 is 2.39 bits per heavy atom. The largest absolute Gasteiger partial charge is 0.494 e. The summed E-state index contributed by atoms with van der Waals surface area (Å²) in [6, 6.07) is 10.4. The van der Waals surface area contributed by atoms with Crippen LogP contribution in [-0.4, -0.2) is 44.2 Å². The molecule has 1 aromatic carbocycles. The van der Waals surface area contributed by atoms with Crippen molar-refractivity contribution in [1.29, 1.82) is 5.26 Å². The second kappa shape index (κ2) is 6.27. The van der Waals surface area contributed by atoms with Crippen molar-refractivity contribution in [3.8, 4) is 11.8 Å². The zero-order valence-corrected chi connectivity index (χ0v) is 10.8. The number of hydrogen-bond acceptors (Lipinski definition) is 4. The van der Waals surface area contributed by atoms with Gasteiger partial charge >= 0.3 is 0 Å². The first-order chi connectivity index (χ1) is 8.83. The van der Waals surface area contributed by atoms with Crippen LogP contribution in [0, 0.1) is 11.3 Å². The fourth-order valence-electron chi connectivity index (χ4n) is 2.18. The molecule has 0 saturated carbocycles. The van der Waals surface area contributed by atoms with Gasteiger partial charge < -0.3 is 9.64 Å². The summed E-state index contributed by atoms with van der Waals surface area (Å²) in [6.07, 6.45) is 0. The maximum absolute atomic E-state index is 8.66. The molecule has 0 amide bonds. The molecule has 1 fully saturated rings. The Balaban J connectivity index is 1.91. The molecule has 1 aliphatic rings. The van der Waals surface area contributed by atoms with Crippen molar-refractivity contribution in [2.75, 3.05) is 44.2 Å². The summed E-state index contributed by atoms with van der Waals surface area (Å²) in [4.78, 5) is 4.54. The van der Waals surface area contributed by atoms with Crippen molar-refractivity contribution in [3.05, 3.63) is 24.3 Å². The highest BCUT2D eigenvalue weighted by Gasteiger charge is 2.16. The molecule has 1 aromatic rings. The lowest BCUT2D eigenvalue weighted by atomic mass is 10.2. The Morgan fingerprint density at radius 1 is 1.17 bits per heavy atom. The molecule has 0 bridgehead atoms. The summed E-state index contributed by atoms with van der Waals surface area (Å²) >= 11 is 0. The lowest BCUT2D eigenvalue weighted by molar-refractivity contribution is 0.287. The van der Waals surface area contributed by atoms with Gasteiger partial charge in [0.2, 0.25) is 0 Å². The SMILES string of the molecule is CCOc1ccc(N2CCN(CC#N)CC2)cc1. The van der Waals surface area contributed by atoms with Crippen molar-refractivity contribution in [2.24, 2.45) is 0 Å². The summed E-state index contributed by atoms with van der Waals surface area (Å²) in [5, 5.41) is 8.66. The highest BCUT2D eigenvalue weighted by atomic mass is 16.5. The number of rotatable bonds is 4. The number of hydrogen-bond donors (Lipinski definition) is 0. The molecule has 0 unspecified atom stereocenters. The number of benzene rings is 1. The van der Waals surface area contributed by atoms with Crippen LogP contribution in [0.4, 0.5) is 5.69 Å². The van der Waals surface area contributed by atoms with Gasteiger partial charge in [-0.2, -0.15) is 5.26 Å². The molecule has 4 nitrogen and oxygen atoms in total. The lowest BCUT2D eigenvalue weighted by Gasteiger charge is -2.34. The summed E-state index contributed by atoms with van der Waals surface area (Å²) in [6.45, 7) is 7.11. The van der Waals surface area contributed by atoms with E-state index in [4.69, 9.17) is 10.00 Å². The van der Waals surface area contributed by atoms with Crippen LogP contribution in [-0.2, 0) is 0 Å². The van der Waals surface area contributed by atoms with Crippen molar-refractivity contribution in [3.63, 3.8) is 0 Å². The minimum Gasteiger partial charge on any atom is -0.494 e. The van der Waals surface area contributed by atoms with Crippen molar-refractivity contribution < 1.29 is 4.74 Å². The van der Waals surface area contributed by atoms with Crippen LogP contribution in [0.3, 0.4) is 0 Å². The van der Waals surface area contributed by atoms with Gasteiger partial charge in [0, 0.05) is 31.9 Å². The molecule has 18 heavy (non-hydrogen) atoms. The fraction of sp³-hybridized carbons (Fsp3) is 0.500. The third kappa shape index (κ3) is 3.14. The first kappa shape index (κ1) is 12.7. The first-order valence-corrected chi connectivity index (χ1v) is 6.40. The van der Waals surface area contributed by atoms with Crippen LogP contribution >= 0.6 is 0 Å². The standard InChI is InChI=1S/C14H19N3O/c1-2-18-14-5-3-13(4-6-14)17-11-9-16(8-7-15)10-12-17/h3-6H,2,8-12H2,1H3. The van der Waals surface area contributed by atoms with Crippen LogP contribution in [0.15, 0.2) is 24.3 Å². The van der Waals surface area contributed by atoms with Gasteiger partial charge in [0.15, 0.2) is 0 Å². The zero-order chi connectivity index (χ0) is 12.8. The van der Waals surface area contributed by atoms with E-state index in [1.807, 2.05) is 19.1 Å². The van der Waals surface area contributed by atoms with Crippen molar-refractivity contribution in [2.45, 2.75) is 6.92 Å². The Kier molecular flexibility index (Phi) is 4.43. The molecule has 1 heterocycles. The number of nitriles is 1. The third-order valence-electron chi connectivity index (χ3n) is 3.18. The minimum absolute atomic E-state index is 0.539. The van der Waals surface area contributed by atoms with Crippen LogP contribution < -0.4 is 9.64 Å². The van der Waals surface area contributed by atoms with Gasteiger partial charge in [-0.1, -0.05) is 0 Å². The molecular weight excluding hydrogens is 226 g/mol. The maximum Gasteiger partial charge on any atom is 0.119 e. The monoisotopic (exact) mass is 245 g/mol. The van der Waals surface area contributed by atoms with Gasteiger partial charge in [-0.05, 0) is 31.2 Å². The van der Waals surface area contributed by atoms with E-state index < -0.39 is 0 Å². The smallest absolute Gasteiger partial charge is 0.119 e. The first-order valence-electron chi connectivity index (χ1n) is 6.40. The van der Waals surface area contributed by atoms with Crippen LogP contribution in [0.1, 0.15) is 6.92 Å². The molecule has 96 valence electrons. The van der Waals surface area contributed by atoms with E-state index in [-0.39, 0.29) is 0 Å². The molecule has 1 aliphatic heterocycles. The van der Waals surface area contributed by atoms with Gasteiger partial charge in [0.25, 0.3) is 0 Å². The predicted molar refractivity (Wildman–Crippen MR) is 71.9 cm³/mol. The van der Waals surface area contributed by atoms with E-state index in [1.165, 1.54) is 5.69 Å². The molecule has 0 aromatic heterocycles. The van der Waals surface area contributed by atoms with E-state index in [0.717, 1.165) is 31.9 Å².